The van der Waals surface area contributed by atoms with E-state index in [-0.39, 0.29) is 27.2 Å². The van der Waals surface area contributed by atoms with Crippen molar-refractivity contribution in [2.75, 3.05) is 27.1 Å². The molecule has 170 valence electrons. The van der Waals surface area contributed by atoms with E-state index in [1.54, 1.807) is 7.11 Å². The van der Waals surface area contributed by atoms with Gasteiger partial charge in [-0.15, -0.1) is 21.5 Å². The first kappa shape index (κ1) is 23.6. The topological polar surface area (TPSA) is 119 Å². The lowest BCUT2D eigenvalue weighted by atomic mass is 10.1. The number of carbonyl (C=O) groups is 2. The minimum absolute atomic E-state index is 0.0669. The number of thioether (sulfide) groups is 1. The zero-order valence-electron chi connectivity index (χ0n) is 18.4. The van der Waals surface area contributed by atoms with E-state index in [1.165, 1.54) is 26.0 Å². The van der Waals surface area contributed by atoms with Crippen molar-refractivity contribution < 1.29 is 23.8 Å². The zero-order valence-corrected chi connectivity index (χ0v) is 20.0. The molecule has 0 atom stereocenters. The number of benzene rings is 1. The van der Waals surface area contributed by atoms with Crippen molar-refractivity contribution in [3.63, 3.8) is 0 Å². The molecule has 2 heterocycles. The number of esters is 2. The summed E-state index contributed by atoms with van der Waals surface area (Å²) in [5, 5.41) is 9.57. The number of hydrogen-bond donors (Lipinski definition) is 1. The van der Waals surface area contributed by atoms with Crippen LogP contribution in [0.25, 0.3) is 11.4 Å². The van der Waals surface area contributed by atoms with Crippen LogP contribution in [-0.4, -0.2) is 48.0 Å². The maximum absolute atomic E-state index is 12.3. The Morgan fingerprint density at radius 2 is 1.75 bits per heavy atom. The molecule has 0 amide bonds. The summed E-state index contributed by atoms with van der Waals surface area (Å²) in [7, 11) is 4.16. The van der Waals surface area contributed by atoms with Crippen LogP contribution in [-0.2, 0) is 15.2 Å². The van der Waals surface area contributed by atoms with Gasteiger partial charge in [0, 0.05) is 22.9 Å². The highest BCUT2D eigenvalue weighted by atomic mass is 32.2. The van der Waals surface area contributed by atoms with E-state index >= 15 is 0 Å². The molecule has 2 aromatic heterocycles. The summed E-state index contributed by atoms with van der Waals surface area (Å²) < 4.78 is 16.9. The molecular weight excluding hydrogens is 452 g/mol. The van der Waals surface area contributed by atoms with Gasteiger partial charge in [-0.1, -0.05) is 11.8 Å². The lowest BCUT2D eigenvalue weighted by Gasteiger charge is -2.14. The fourth-order valence-corrected chi connectivity index (χ4v) is 5.30. The number of hydrogen-bond acceptors (Lipinski definition) is 10. The Morgan fingerprint density at radius 1 is 1.09 bits per heavy atom. The van der Waals surface area contributed by atoms with Crippen LogP contribution in [0.1, 0.15) is 45.5 Å². The zero-order chi connectivity index (χ0) is 23.4. The van der Waals surface area contributed by atoms with Crippen molar-refractivity contribution in [2.45, 2.75) is 30.8 Å². The quantitative estimate of drug-likeness (QED) is 0.379. The van der Waals surface area contributed by atoms with Crippen LogP contribution in [0, 0.1) is 0 Å². The normalized spacial score (nSPS) is 10.9. The molecule has 0 spiro atoms. The molecule has 11 heteroatoms. The second-order valence-corrected chi connectivity index (χ2v) is 8.91. The molecule has 0 aliphatic rings. The third-order valence-corrected chi connectivity index (χ3v) is 6.68. The Bertz CT molecular complexity index is 1120. The first-order valence-electron chi connectivity index (χ1n) is 9.62. The van der Waals surface area contributed by atoms with Gasteiger partial charge in [-0.25, -0.2) is 9.59 Å². The molecule has 0 unspecified atom stereocenters. The SMILES string of the molecule is COC(=O)c1sc(N)c(C(=O)OC)c1CSc1nnc(-c2ccc(OC)cc2)n1C(C)C. The summed E-state index contributed by atoms with van der Waals surface area (Å²) >= 11 is 2.35. The van der Waals surface area contributed by atoms with E-state index in [4.69, 9.17) is 19.9 Å². The number of rotatable bonds is 8. The van der Waals surface area contributed by atoms with Crippen LogP contribution >= 0.6 is 23.1 Å². The summed E-state index contributed by atoms with van der Waals surface area (Å²) in [6, 6.07) is 7.63. The molecule has 0 aliphatic carbocycles. The Kier molecular flexibility index (Phi) is 7.41. The Balaban J connectivity index is 1.97. The van der Waals surface area contributed by atoms with Crippen LogP contribution in [0.5, 0.6) is 5.75 Å². The van der Waals surface area contributed by atoms with Gasteiger partial charge in [-0.3, -0.25) is 4.57 Å². The van der Waals surface area contributed by atoms with E-state index < -0.39 is 11.9 Å². The largest absolute Gasteiger partial charge is 0.497 e. The Morgan fingerprint density at radius 3 is 2.31 bits per heavy atom. The molecule has 3 rings (SSSR count). The highest BCUT2D eigenvalue weighted by Gasteiger charge is 2.28. The fourth-order valence-electron chi connectivity index (χ4n) is 3.12. The predicted octanol–water partition coefficient (Wildman–Crippen LogP) is 4.04. The molecule has 0 bridgehead atoms. The van der Waals surface area contributed by atoms with Gasteiger partial charge < -0.3 is 19.9 Å². The second-order valence-electron chi connectivity index (χ2n) is 6.92. The molecule has 0 saturated carbocycles. The molecule has 3 aromatic rings. The standard InChI is InChI=1S/C21H24N4O5S2/c1-11(2)25-18(12-6-8-13(28-3)9-7-12)23-24-21(25)31-10-14-15(19(26)29-4)17(22)32-16(14)20(27)30-5/h6-9,11H,10,22H2,1-5H3. The molecule has 0 radical (unpaired) electrons. The summed E-state index contributed by atoms with van der Waals surface area (Å²) in [6.45, 7) is 4.06. The van der Waals surface area contributed by atoms with Crippen molar-refractivity contribution in [3.05, 3.63) is 40.3 Å². The van der Waals surface area contributed by atoms with E-state index in [0.717, 1.165) is 22.6 Å². The maximum Gasteiger partial charge on any atom is 0.348 e. The van der Waals surface area contributed by atoms with Gasteiger partial charge in [-0.2, -0.15) is 0 Å². The lowest BCUT2D eigenvalue weighted by molar-refractivity contribution is 0.0601. The summed E-state index contributed by atoms with van der Waals surface area (Å²) in [4.78, 5) is 24.8. The molecule has 0 aliphatic heterocycles. The number of methoxy groups -OCH3 is 3. The van der Waals surface area contributed by atoms with Gasteiger partial charge in [0.25, 0.3) is 0 Å². The Hall–Kier alpha value is -3.05. The third-order valence-electron chi connectivity index (χ3n) is 4.67. The van der Waals surface area contributed by atoms with Gasteiger partial charge in [0.15, 0.2) is 11.0 Å². The smallest absolute Gasteiger partial charge is 0.348 e. The van der Waals surface area contributed by atoms with Crippen LogP contribution in [0.4, 0.5) is 5.00 Å². The van der Waals surface area contributed by atoms with Crippen molar-refractivity contribution in [1.82, 2.24) is 14.8 Å². The van der Waals surface area contributed by atoms with Gasteiger partial charge in [0.2, 0.25) is 0 Å². The predicted molar refractivity (Wildman–Crippen MR) is 123 cm³/mol. The van der Waals surface area contributed by atoms with E-state index in [0.29, 0.717) is 16.5 Å². The van der Waals surface area contributed by atoms with Crippen molar-refractivity contribution in [3.8, 4) is 17.1 Å². The van der Waals surface area contributed by atoms with E-state index in [9.17, 15) is 9.59 Å². The van der Waals surface area contributed by atoms with E-state index in [1.807, 2.05) is 42.7 Å². The fraction of sp³-hybridized carbons (Fsp3) is 0.333. The first-order chi connectivity index (χ1) is 15.3. The van der Waals surface area contributed by atoms with Gasteiger partial charge >= 0.3 is 11.9 Å². The van der Waals surface area contributed by atoms with Crippen molar-refractivity contribution >= 4 is 40.0 Å². The number of aromatic nitrogens is 3. The second kappa shape index (κ2) is 10.0. The van der Waals surface area contributed by atoms with Gasteiger partial charge in [0.1, 0.15) is 15.6 Å². The molecule has 0 fully saturated rings. The highest BCUT2D eigenvalue weighted by Crippen LogP contribution is 2.37. The number of nitrogens with two attached hydrogens (primary N) is 1. The number of ether oxygens (including phenoxy) is 3. The summed E-state index contributed by atoms with van der Waals surface area (Å²) in [5.41, 5.74) is 7.55. The average Bonchev–Trinajstić information content (AvgIpc) is 3.37. The van der Waals surface area contributed by atoms with Crippen LogP contribution in [0.15, 0.2) is 29.4 Å². The summed E-state index contributed by atoms with van der Waals surface area (Å²) in [5.74, 6) is 0.553. The molecular formula is C21H24N4O5S2. The van der Waals surface area contributed by atoms with Crippen molar-refractivity contribution in [2.24, 2.45) is 0 Å². The molecule has 1 aromatic carbocycles. The average molecular weight is 477 g/mol. The number of anilines is 1. The van der Waals surface area contributed by atoms with Gasteiger partial charge in [-0.05, 0) is 38.1 Å². The van der Waals surface area contributed by atoms with Crippen LogP contribution in [0.2, 0.25) is 0 Å². The monoisotopic (exact) mass is 476 g/mol. The molecule has 2 N–H and O–H groups in total. The Labute approximate surface area is 193 Å². The van der Waals surface area contributed by atoms with Crippen molar-refractivity contribution in [1.29, 1.82) is 0 Å². The minimum Gasteiger partial charge on any atom is -0.497 e. The minimum atomic E-state index is -0.603. The maximum atomic E-state index is 12.3. The lowest BCUT2D eigenvalue weighted by Crippen LogP contribution is -2.09. The number of carbonyl (C=O) groups excluding carboxylic acids is 2. The van der Waals surface area contributed by atoms with Crippen LogP contribution in [0.3, 0.4) is 0 Å². The molecule has 9 nitrogen and oxygen atoms in total. The van der Waals surface area contributed by atoms with Gasteiger partial charge in [0.05, 0.1) is 26.9 Å². The molecule has 0 saturated heterocycles. The van der Waals surface area contributed by atoms with E-state index in [2.05, 4.69) is 10.2 Å². The number of nitrogens with zero attached hydrogens (tertiary/aromatic N) is 3. The highest BCUT2D eigenvalue weighted by molar-refractivity contribution is 7.98. The first-order valence-corrected chi connectivity index (χ1v) is 11.4. The third kappa shape index (κ3) is 4.58. The number of thiophene rings is 1. The van der Waals surface area contributed by atoms with Crippen LogP contribution < -0.4 is 10.5 Å². The summed E-state index contributed by atoms with van der Waals surface area (Å²) in [6.07, 6.45) is 0. The molecule has 32 heavy (non-hydrogen) atoms. The number of nitrogen functional groups attached to an aromatic ring is 1.